The number of halogens is 1. The first-order valence-electron chi connectivity index (χ1n) is 9.17. The van der Waals surface area contributed by atoms with Crippen molar-refractivity contribution in [2.75, 3.05) is 32.8 Å². The molecular weight excluding hydrogens is 384 g/mol. The zero-order chi connectivity index (χ0) is 19.0. The van der Waals surface area contributed by atoms with Crippen molar-refractivity contribution in [1.29, 1.82) is 0 Å². The van der Waals surface area contributed by atoms with Crippen LogP contribution in [-0.2, 0) is 23.0 Å². The van der Waals surface area contributed by atoms with E-state index in [-0.39, 0.29) is 0 Å². The largest absolute Gasteiger partial charge is 0.493 e. The molecule has 0 bridgehead atoms. The van der Waals surface area contributed by atoms with Crippen LogP contribution in [0.5, 0.6) is 5.75 Å². The van der Waals surface area contributed by atoms with Crippen molar-refractivity contribution in [1.82, 2.24) is 9.21 Å². The normalized spacial score (nSPS) is 18.3. The molecule has 0 spiro atoms. The van der Waals surface area contributed by atoms with Crippen LogP contribution in [0.15, 0.2) is 41.3 Å². The molecule has 0 saturated carbocycles. The van der Waals surface area contributed by atoms with E-state index in [4.69, 9.17) is 16.3 Å². The third kappa shape index (κ3) is 3.85. The Bertz CT molecular complexity index is 954. The van der Waals surface area contributed by atoms with Crippen molar-refractivity contribution in [3.8, 4) is 5.75 Å². The number of nitrogens with zero attached hydrogens (tertiary/aromatic N) is 2. The van der Waals surface area contributed by atoms with Crippen LogP contribution in [0.4, 0.5) is 0 Å². The molecule has 0 unspecified atom stereocenters. The van der Waals surface area contributed by atoms with E-state index in [1.807, 2.05) is 6.07 Å². The van der Waals surface area contributed by atoms with Gasteiger partial charge in [0.15, 0.2) is 0 Å². The SMILES string of the molecule is Cc1ccc(Cl)cc1S(=O)(=O)N1CCN(Cc2ccc3c(c2)CCO3)CC1. The molecule has 5 nitrogen and oxygen atoms in total. The quantitative estimate of drug-likeness (QED) is 0.782. The van der Waals surface area contributed by atoms with Crippen LogP contribution in [0, 0.1) is 6.92 Å². The molecule has 0 aromatic heterocycles. The van der Waals surface area contributed by atoms with Crippen molar-refractivity contribution in [2.24, 2.45) is 0 Å². The summed E-state index contributed by atoms with van der Waals surface area (Å²) in [5.41, 5.74) is 3.24. The lowest BCUT2D eigenvalue weighted by atomic mass is 10.1. The summed E-state index contributed by atoms with van der Waals surface area (Å²) in [6.45, 7) is 5.80. The average molecular weight is 407 g/mol. The lowest BCUT2D eigenvalue weighted by molar-refractivity contribution is 0.181. The van der Waals surface area contributed by atoms with E-state index >= 15 is 0 Å². The maximum Gasteiger partial charge on any atom is 0.243 e. The first-order chi connectivity index (χ1) is 12.9. The van der Waals surface area contributed by atoms with Crippen molar-refractivity contribution in [3.05, 3.63) is 58.1 Å². The second kappa shape index (κ2) is 7.43. The molecule has 0 aliphatic carbocycles. The standard InChI is InChI=1S/C20H23ClN2O3S/c1-15-2-4-18(21)13-20(15)27(24,25)23-9-7-22(8-10-23)14-16-3-5-19-17(12-16)6-11-26-19/h2-5,12-13H,6-11,14H2,1H3. The van der Waals surface area contributed by atoms with E-state index in [0.717, 1.165) is 30.9 Å². The summed E-state index contributed by atoms with van der Waals surface area (Å²) in [6, 6.07) is 11.4. The Morgan fingerprint density at radius 3 is 2.63 bits per heavy atom. The molecule has 27 heavy (non-hydrogen) atoms. The van der Waals surface area contributed by atoms with Gasteiger partial charge >= 0.3 is 0 Å². The summed E-state index contributed by atoms with van der Waals surface area (Å²) in [7, 11) is -3.51. The van der Waals surface area contributed by atoms with Crippen LogP contribution >= 0.6 is 11.6 Å². The van der Waals surface area contributed by atoms with Gasteiger partial charge in [0, 0.05) is 44.2 Å². The van der Waals surface area contributed by atoms with Gasteiger partial charge in [0.1, 0.15) is 5.75 Å². The van der Waals surface area contributed by atoms with Gasteiger partial charge in [-0.25, -0.2) is 8.42 Å². The number of aryl methyl sites for hydroxylation is 1. The van der Waals surface area contributed by atoms with Crippen molar-refractivity contribution < 1.29 is 13.2 Å². The zero-order valence-electron chi connectivity index (χ0n) is 15.3. The van der Waals surface area contributed by atoms with Crippen LogP contribution in [-0.4, -0.2) is 50.4 Å². The third-order valence-electron chi connectivity index (χ3n) is 5.26. The summed E-state index contributed by atoms with van der Waals surface area (Å²) in [5, 5.41) is 0.443. The summed E-state index contributed by atoms with van der Waals surface area (Å²) >= 11 is 6.02. The lowest BCUT2D eigenvalue weighted by Gasteiger charge is -2.34. The Morgan fingerprint density at radius 2 is 1.85 bits per heavy atom. The van der Waals surface area contributed by atoms with Crippen LogP contribution in [0.25, 0.3) is 0 Å². The predicted molar refractivity (Wildman–Crippen MR) is 106 cm³/mol. The molecule has 144 valence electrons. The molecule has 7 heteroatoms. The van der Waals surface area contributed by atoms with Gasteiger partial charge < -0.3 is 4.74 Å². The van der Waals surface area contributed by atoms with E-state index in [1.54, 1.807) is 29.4 Å². The maximum absolute atomic E-state index is 13.0. The first kappa shape index (κ1) is 18.7. The minimum atomic E-state index is -3.51. The number of benzene rings is 2. The number of piperazine rings is 1. The Balaban J connectivity index is 1.42. The van der Waals surface area contributed by atoms with Gasteiger partial charge in [-0.15, -0.1) is 0 Å². The minimum absolute atomic E-state index is 0.307. The van der Waals surface area contributed by atoms with Crippen molar-refractivity contribution in [3.63, 3.8) is 0 Å². The molecule has 2 aliphatic rings. The average Bonchev–Trinajstić information content (AvgIpc) is 3.12. The summed E-state index contributed by atoms with van der Waals surface area (Å²) in [4.78, 5) is 2.61. The molecule has 1 saturated heterocycles. The molecule has 2 aromatic carbocycles. The minimum Gasteiger partial charge on any atom is -0.493 e. The van der Waals surface area contributed by atoms with Gasteiger partial charge in [-0.1, -0.05) is 29.8 Å². The zero-order valence-corrected chi connectivity index (χ0v) is 16.9. The predicted octanol–water partition coefficient (Wildman–Crippen LogP) is 3.09. The van der Waals surface area contributed by atoms with Crippen LogP contribution < -0.4 is 4.74 Å². The highest BCUT2D eigenvalue weighted by molar-refractivity contribution is 7.89. The number of sulfonamides is 1. The molecule has 0 amide bonds. The molecule has 0 N–H and O–H groups in total. The van der Waals surface area contributed by atoms with Gasteiger partial charge in [-0.2, -0.15) is 4.31 Å². The second-order valence-corrected chi connectivity index (χ2v) is 9.47. The highest BCUT2D eigenvalue weighted by Gasteiger charge is 2.29. The number of hydrogen-bond donors (Lipinski definition) is 0. The summed E-state index contributed by atoms with van der Waals surface area (Å²) in [6.07, 6.45) is 0.966. The second-order valence-electron chi connectivity index (χ2n) is 7.13. The molecule has 2 heterocycles. The topological polar surface area (TPSA) is 49.9 Å². The monoisotopic (exact) mass is 406 g/mol. The van der Waals surface area contributed by atoms with Crippen LogP contribution in [0.1, 0.15) is 16.7 Å². The van der Waals surface area contributed by atoms with E-state index in [2.05, 4.69) is 17.0 Å². The van der Waals surface area contributed by atoms with Gasteiger partial charge in [0.2, 0.25) is 10.0 Å². The number of rotatable bonds is 4. The van der Waals surface area contributed by atoms with Crippen LogP contribution in [0.2, 0.25) is 5.02 Å². The smallest absolute Gasteiger partial charge is 0.243 e. The molecule has 0 radical (unpaired) electrons. The molecule has 1 fully saturated rings. The molecule has 2 aromatic rings. The fourth-order valence-electron chi connectivity index (χ4n) is 3.72. The van der Waals surface area contributed by atoms with Crippen molar-refractivity contribution >= 4 is 21.6 Å². The van der Waals surface area contributed by atoms with Crippen LogP contribution in [0.3, 0.4) is 0 Å². The number of ether oxygens (including phenoxy) is 1. The lowest BCUT2D eigenvalue weighted by Crippen LogP contribution is -2.48. The number of hydrogen-bond acceptors (Lipinski definition) is 4. The fraction of sp³-hybridized carbons (Fsp3) is 0.400. The molecule has 2 aliphatic heterocycles. The van der Waals surface area contributed by atoms with E-state index in [1.165, 1.54) is 11.1 Å². The van der Waals surface area contributed by atoms with E-state index in [9.17, 15) is 8.42 Å². The summed E-state index contributed by atoms with van der Waals surface area (Å²) in [5.74, 6) is 0.992. The molecular formula is C20H23ClN2O3S. The Hall–Kier alpha value is -1.60. The van der Waals surface area contributed by atoms with Gasteiger partial charge in [0.25, 0.3) is 0 Å². The van der Waals surface area contributed by atoms with Gasteiger partial charge in [-0.3, -0.25) is 4.90 Å². The van der Waals surface area contributed by atoms with Crippen molar-refractivity contribution in [2.45, 2.75) is 24.8 Å². The maximum atomic E-state index is 13.0. The van der Waals surface area contributed by atoms with Gasteiger partial charge in [-0.05, 0) is 41.8 Å². The Labute approximate surface area is 165 Å². The Kier molecular flexibility index (Phi) is 5.16. The molecule has 4 rings (SSSR count). The van der Waals surface area contributed by atoms with Gasteiger partial charge in [0.05, 0.1) is 11.5 Å². The fourth-order valence-corrected chi connectivity index (χ4v) is 5.63. The first-order valence-corrected chi connectivity index (χ1v) is 11.0. The summed E-state index contributed by atoms with van der Waals surface area (Å²) < 4.78 is 33.1. The van der Waals surface area contributed by atoms with E-state index < -0.39 is 10.0 Å². The third-order valence-corrected chi connectivity index (χ3v) is 7.54. The Morgan fingerprint density at radius 1 is 1.07 bits per heavy atom. The number of fused-ring (bicyclic) bond motifs is 1. The highest BCUT2D eigenvalue weighted by atomic mass is 35.5. The molecule has 0 atom stereocenters. The van der Waals surface area contributed by atoms with E-state index in [0.29, 0.717) is 36.1 Å². The highest BCUT2D eigenvalue weighted by Crippen LogP contribution is 2.27.